The van der Waals surface area contributed by atoms with E-state index in [1.165, 1.54) is 23.3 Å². The molecule has 5 nitrogen and oxygen atoms in total. The minimum Gasteiger partial charge on any atom is -0.452 e. The number of hydrogen-bond donors (Lipinski definition) is 1. The van der Waals surface area contributed by atoms with Gasteiger partial charge >= 0.3 is 5.97 Å². The summed E-state index contributed by atoms with van der Waals surface area (Å²) in [6.07, 6.45) is 2.80. The fourth-order valence-electron chi connectivity index (χ4n) is 2.81. The molecule has 0 aromatic heterocycles. The molecule has 3 rings (SSSR count). The van der Waals surface area contributed by atoms with Crippen molar-refractivity contribution >= 4 is 34.7 Å². The summed E-state index contributed by atoms with van der Waals surface area (Å²) in [6.45, 7) is 0.773. The van der Waals surface area contributed by atoms with Gasteiger partial charge in [0.25, 0.3) is 5.91 Å². The van der Waals surface area contributed by atoms with Crippen molar-refractivity contribution in [3.05, 3.63) is 70.8 Å². The molecule has 0 fully saturated rings. The molecule has 1 aliphatic heterocycles. The van der Waals surface area contributed by atoms with Crippen molar-refractivity contribution in [1.82, 2.24) is 4.90 Å². The van der Waals surface area contributed by atoms with E-state index < -0.39 is 5.97 Å². The van der Waals surface area contributed by atoms with Crippen LogP contribution in [0.2, 0.25) is 5.02 Å². The van der Waals surface area contributed by atoms with Crippen LogP contribution in [0.4, 0.5) is 5.69 Å². The van der Waals surface area contributed by atoms with E-state index in [0.29, 0.717) is 18.1 Å². The Kier molecular flexibility index (Phi) is 5.58. The van der Waals surface area contributed by atoms with E-state index in [-0.39, 0.29) is 23.8 Å². The van der Waals surface area contributed by atoms with Crippen LogP contribution in [0.1, 0.15) is 22.3 Å². The van der Waals surface area contributed by atoms with Crippen LogP contribution in [0, 0.1) is 0 Å². The number of ether oxygens (including phenoxy) is 1. The Hall–Kier alpha value is -2.79. The molecule has 1 aliphatic rings. The number of carbonyl (C=O) groups excluding carboxylic acids is 2. The quantitative estimate of drug-likeness (QED) is 0.661. The Morgan fingerprint density at radius 1 is 1.15 bits per heavy atom. The summed E-state index contributed by atoms with van der Waals surface area (Å²) in [5.41, 5.74) is 8.56. The highest BCUT2D eigenvalue weighted by Crippen LogP contribution is 2.22. The summed E-state index contributed by atoms with van der Waals surface area (Å²) in [6, 6.07) is 14.6. The zero-order valence-corrected chi connectivity index (χ0v) is 14.9. The topological polar surface area (TPSA) is 72.6 Å². The third kappa shape index (κ3) is 4.24. The summed E-state index contributed by atoms with van der Waals surface area (Å²) in [7, 11) is 0. The highest BCUT2D eigenvalue weighted by atomic mass is 35.5. The van der Waals surface area contributed by atoms with Crippen LogP contribution in [0.25, 0.3) is 5.57 Å². The molecular weight excluding hydrogens is 352 g/mol. The normalized spacial score (nSPS) is 13.9. The van der Waals surface area contributed by atoms with Crippen LogP contribution >= 0.6 is 11.6 Å². The molecule has 0 aliphatic carbocycles. The molecular formula is C20H19ClN2O3. The van der Waals surface area contributed by atoms with Gasteiger partial charge in [-0.3, -0.25) is 4.79 Å². The molecule has 1 heterocycles. The summed E-state index contributed by atoms with van der Waals surface area (Å²) in [5.74, 6) is -0.891. The number of amides is 1. The number of hydrogen-bond acceptors (Lipinski definition) is 4. The SMILES string of the molecule is Nc1ccc(Cl)cc1C(=O)OCC(=O)N1CC=C(c2ccccc2)CC1. The van der Waals surface area contributed by atoms with Crippen molar-refractivity contribution < 1.29 is 14.3 Å². The fourth-order valence-corrected chi connectivity index (χ4v) is 2.98. The summed E-state index contributed by atoms with van der Waals surface area (Å²) < 4.78 is 5.10. The monoisotopic (exact) mass is 370 g/mol. The average Bonchev–Trinajstić information content (AvgIpc) is 2.68. The molecule has 0 spiro atoms. The number of anilines is 1. The van der Waals surface area contributed by atoms with Crippen molar-refractivity contribution in [1.29, 1.82) is 0 Å². The number of carbonyl (C=O) groups is 2. The largest absolute Gasteiger partial charge is 0.452 e. The van der Waals surface area contributed by atoms with E-state index >= 15 is 0 Å². The number of esters is 1. The minimum atomic E-state index is -0.657. The summed E-state index contributed by atoms with van der Waals surface area (Å²) >= 11 is 5.86. The Labute approximate surface area is 157 Å². The van der Waals surface area contributed by atoms with Crippen molar-refractivity contribution in [3.8, 4) is 0 Å². The van der Waals surface area contributed by atoms with Gasteiger partial charge in [-0.2, -0.15) is 0 Å². The lowest BCUT2D eigenvalue weighted by Gasteiger charge is -2.26. The lowest BCUT2D eigenvalue weighted by atomic mass is 10.00. The summed E-state index contributed by atoms with van der Waals surface area (Å²) in [4.78, 5) is 26.1. The lowest BCUT2D eigenvalue weighted by Crippen LogP contribution is -2.37. The first-order chi connectivity index (χ1) is 12.5. The van der Waals surface area contributed by atoms with E-state index in [2.05, 4.69) is 12.1 Å². The van der Waals surface area contributed by atoms with Gasteiger partial charge < -0.3 is 15.4 Å². The summed E-state index contributed by atoms with van der Waals surface area (Å²) in [5, 5.41) is 0.382. The van der Waals surface area contributed by atoms with Crippen LogP contribution in [-0.2, 0) is 9.53 Å². The Balaban J connectivity index is 1.55. The molecule has 2 N–H and O–H groups in total. The van der Waals surface area contributed by atoms with E-state index in [1.807, 2.05) is 24.3 Å². The Bertz CT molecular complexity index is 849. The number of halogens is 1. The minimum absolute atomic E-state index is 0.162. The van der Waals surface area contributed by atoms with Gasteiger partial charge in [-0.15, -0.1) is 0 Å². The molecule has 0 saturated carbocycles. The van der Waals surface area contributed by atoms with Crippen LogP contribution in [0.3, 0.4) is 0 Å². The van der Waals surface area contributed by atoms with Gasteiger partial charge in [0, 0.05) is 23.8 Å². The van der Waals surface area contributed by atoms with Crippen LogP contribution in [0.5, 0.6) is 0 Å². The third-order valence-corrected chi connectivity index (χ3v) is 4.50. The van der Waals surface area contributed by atoms with Crippen molar-refractivity contribution in [2.24, 2.45) is 0 Å². The second-order valence-electron chi connectivity index (χ2n) is 5.99. The van der Waals surface area contributed by atoms with Gasteiger partial charge in [0.15, 0.2) is 6.61 Å². The molecule has 6 heteroatoms. The van der Waals surface area contributed by atoms with Crippen LogP contribution in [-0.4, -0.2) is 36.5 Å². The van der Waals surface area contributed by atoms with Crippen molar-refractivity contribution in [3.63, 3.8) is 0 Å². The lowest BCUT2D eigenvalue weighted by molar-refractivity contribution is -0.134. The zero-order valence-electron chi connectivity index (χ0n) is 14.2. The van der Waals surface area contributed by atoms with E-state index in [0.717, 1.165) is 6.42 Å². The van der Waals surface area contributed by atoms with Crippen molar-refractivity contribution in [2.75, 3.05) is 25.4 Å². The first-order valence-electron chi connectivity index (χ1n) is 8.29. The molecule has 2 aromatic carbocycles. The first kappa shape index (κ1) is 18.0. The maximum Gasteiger partial charge on any atom is 0.340 e. The van der Waals surface area contributed by atoms with Gasteiger partial charge in [-0.1, -0.05) is 48.0 Å². The number of nitrogens with two attached hydrogens (primary N) is 1. The smallest absolute Gasteiger partial charge is 0.340 e. The number of rotatable bonds is 4. The predicted molar refractivity (Wildman–Crippen MR) is 102 cm³/mol. The van der Waals surface area contributed by atoms with Gasteiger partial charge in [-0.25, -0.2) is 4.79 Å². The van der Waals surface area contributed by atoms with E-state index in [1.54, 1.807) is 11.0 Å². The maximum atomic E-state index is 12.3. The highest BCUT2D eigenvalue weighted by Gasteiger charge is 2.20. The van der Waals surface area contributed by atoms with E-state index in [9.17, 15) is 9.59 Å². The third-order valence-electron chi connectivity index (χ3n) is 4.27. The highest BCUT2D eigenvalue weighted by molar-refractivity contribution is 6.31. The van der Waals surface area contributed by atoms with E-state index in [4.69, 9.17) is 22.1 Å². The number of nitrogens with zero attached hydrogens (tertiary/aromatic N) is 1. The maximum absolute atomic E-state index is 12.3. The second-order valence-corrected chi connectivity index (χ2v) is 6.43. The molecule has 0 bridgehead atoms. The van der Waals surface area contributed by atoms with Gasteiger partial charge in [0.2, 0.25) is 0 Å². The van der Waals surface area contributed by atoms with Crippen LogP contribution in [0.15, 0.2) is 54.6 Å². The molecule has 0 saturated heterocycles. The second kappa shape index (κ2) is 8.06. The van der Waals surface area contributed by atoms with Gasteiger partial charge in [0.05, 0.1) is 5.56 Å². The molecule has 1 amide bonds. The first-order valence-corrected chi connectivity index (χ1v) is 8.67. The van der Waals surface area contributed by atoms with Gasteiger partial charge in [-0.05, 0) is 35.8 Å². The van der Waals surface area contributed by atoms with Crippen LogP contribution < -0.4 is 5.73 Å². The number of benzene rings is 2. The molecule has 0 atom stereocenters. The standard InChI is InChI=1S/C20H19ClN2O3/c21-16-6-7-18(22)17(12-16)20(25)26-13-19(24)23-10-8-15(9-11-23)14-4-2-1-3-5-14/h1-8,12H,9-11,13,22H2. The average molecular weight is 371 g/mol. The number of nitrogen functional groups attached to an aromatic ring is 1. The molecule has 26 heavy (non-hydrogen) atoms. The molecule has 134 valence electrons. The predicted octanol–water partition coefficient (Wildman–Crippen LogP) is 3.39. The zero-order chi connectivity index (χ0) is 18.5. The molecule has 0 radical (unpaired) electrons. The molecule has 0 unspecified atom stereocenters. The molecule has 2 aromatic rings. The Morgan fingerprint density at radius 2 is 1.92 bits per heavy atom. The van der Waals surface area contributed by atoms with Gasteiger partial charge in [0.1, 0.15) is 0 Å². The van der Waals surface area contributed by atoms with Crippen molar-refractivity contribution in [2.45, 2.75) is 6.42 Å². The fraction of sp³-hybridized carbons (Fsp3) is 0.200. The Morgan fingerprint density at radius 3 is 2.62 bits per heavy atom.